The van der Waals surface area contributed by atoms with Gasteiger partial charge >= 0.3 is 0 Å². The van der Waals surface area contributed by atoms with Gasteiger partial charge in [0.25, 0.3) is 0 Å². The fraction of sp³-hybridized carbons (Fsp3) is 0.481. The van der Waals surface area contributed by atoms with Crippen LogP contribution in [0.15, 0.2) is 36.4 Å². The van der Waals surface area contributed by atoms with E-state index in [2.05, 4.69) is 20.1 Å². The molecule has 2 aliphatic rings. The van der Waals surface area contributed by atoms with Gasteiger partial charge in [-0.05, 0) is 12.5 Å². The molecule has 2 aliphatic heterocycles. The Balaban J connectivity index is 0.000000356. The first kappa shape index (κ1) is 28.1. The number of nitrogens with one attached hydrogen (secondary N) is 2. The highest BCUT2D eigenvalue weighted by atomic mass is 16.5. The van der Waals surface area contributed by atoms with Crippen LogP contribution in [-0.2, 0) is 14.3 Å². The lowest BCUT2D eigenvalue weighted by Gasteiger charge is -2.34. The van der Waals surface area contributed by atoms with Gasteiger partial charge in [0, 0.05) is 83.7 Å². The zero-order chi connectivity index (χ0) is 26.6. The molecule has 3 heterocycles. The molecule has 4 rings (SSSR count). The lowest BCUT2D eigenvalue weighted by atomic mass is 10.2. The Kier molecular flexibility index (Phi) is 10.8. The van der Waals surface area contributed by atoms with Crippen molar-refractivity contribution in [3.05, 3.63) is 47.5 Å². The van der Waals surface area contributed by atoms with Gasteiger partial charge in [-0.25, -0.2) is 0 Å². The van der Waals surface area contributed by atoms with Crippen molar-refractivity contribution in [1.82, 2.24) is 14.8 Å². The second kappa shape index (κ2) is 14.3. The van der Waals surface area contributed by atoms with Crippen LogP contribution >= 0.6 is 0 Å². The molecule has 2 saturated heterocycles. The Morgan fingerprint density at radius 2 is 1.81 bits per heavy atom. The molecule has 2 N–H and O–H groups in total. The van der Waals surface area contributed by atoms with Crippen molar-refractivity contribution < 1.29 is 19.1 Å². The second-order valence-corrected chi connectivity index (χ2v) is 9.08. The Labute approximate surface area is 219 Å². The molecule has 10 nitrogen and oxygen atoms in total. The third kappa shape index (κ3) is 9.47. The summed E-state index contributed by atoms with van der Waals surface area (Å²) in [5, 5.41) is 9.66. The molecule has 2 fully saturated rings. The zero-order valence-electron chi connectivity index (χ0n) is 22.0. The molecular formula is C27H38N6O4. The van der Waals surface area contributed by atoms with E-state index in [1.165, 1.54) is 18.7 Å². The standard InChI is InChI=1S/C19H29N5O4.C8H9N/c1-15(25)20-18-13-17(24-8-10-27-11-9-24)14-19(21-18)28-12-7-22-3-5-23(6-4-22)16(2)26;1-7-3-2-4-8(5-7)6-9/h13-14H,3-12H2,1-2H3,(H,20,21,25);2-6,9H,1H3. The third-order valence-corrected chi connectivity index (χ3v) is 6.15. The van der Waals surface area contributed by atoms with E-state index in [0.29, 0.717) is 31.5 Å². The van der Waals surface area contributed by atoms with Crippen LogP contribution in [0, 0.1) is 12.3 Å². The molecule has 2 amide bonds. The van der Waals surface area contributed by atoms with Crippen LogP contribution in [0.1, 0.15) is 25.0 Å². The predicted octanol–water partition coefficient (Wildman–Crippen LogP) is 2.41. The number of morpholine rings is 1. The number of hydrogen-bond acceptors (Lipinski definition) is 8. The molecule has 10 heteroatoms. The van der Waals surface area contributed by atoms with Crippen LogP contribution in [0.4, 0.5) is 11.5 Å². The van der Waals surface area contributed by atoms with E-state index in [-0.39, 0.29) is 11.8 Å². The molecule has 1 aromatic heterocycles. The van der Waals surface area contributed by atoms with Gasteiger partial charge in [-0.2, -0.15) is 4.98 Å². The van der Waals surface area contributed by atoms with Crippen LogP contribution in [0.25, 0.3) is 0 Å². The Bertz CT molecular complexity index is 1050. The maximum absolute atomic E-state index is 11.4. The van der Waals surface area contributed by atoms with Crippen molar-refractivity contribution in [2.75, 3.05) is 75.9 Å². The molecule has 0 unspecified atom stereocenters. The summed E-state index contributed by atoms with van der Waals surface area (Å²) in [6.07, 6.45) is 1.35. The summed E-state index contributed by atoms with van der Waals surface area (Å²) < 4.78 is 11.3. The van der Waals surface area contributed by atoms with Crippen LogP contribution in [0.2, 0.25) is 0 Å². The quantitative estimate of drug-likeness (QED) is 0.551. The van der Waals surface area contributed by atoms with E-state index in [1.54, 1.807) is 6.92 Å². The first-order valence-electron chi connectivity index (χ1n) is 12.6. The number of ether oxygens (including phenoxy) is 2. The maximum atomic E-state index is 11.4. The molecule has 1 aromatic carbocycles. The van der Waals surface area contributed by atoms with Gasteiger partial charge in [0.2, 0.25) is 17.7 Å². The highest BCUT2D eigenvalue weighted by Crippen LogP contribution is 2.25. The van der Waals surface area contributed by atoms with E-state index in [4.69, 9.17) is 14.9 Å². The first-order chi connectivity index (χ1) is 17.8. The Hall–Kier alpha value is -3.50. The van der Waals surface area contributed by atoms with Gasteiger partial charge in [-0.15, -0.1) is 0 Å². The van der Waals surface area contributed by atoms with E-state index >= 15 is 0 Å². The van der Waals surface area contributed by atoms with Crippen molar-refractivity contribution >= 4 is 29.5 Å². The first-order valence-corrected chi connectivity index (χ1v) is 12.6. The van der Waals surface area contributed by atoms with Crippen LogP contribution in [0.5, 0.6) is 5.88 Å². The number of nitrogens with zero attached hydrogens (tertiary/aromatic N) is 4. The number of piperazine rings is 1. The number of carbonyl (C=O) groups is 2. The van der Waals surface area contributed by atoms with Gasteiger partial charge in [0.15, 0.2) is 0 Å². The van der Waals surface area contributed by atoms with Crippen molar-refractivity contribution in [1.29, 1.82) is 5.41 Å². The molecule has 0 aliphatic carbocycles. The van der Waals surface area contributed by atoms with Crippen molar-refractivity contribution in [3.8, 4) is 5.88 Å². The number of benzene rings is 1. The molecule has 0 radical (unpaired) electrons. The fourth-order valence-corrected chi connectivity index (χ4v) is 4.14. The average Bonchev–Trinajstić information content (AvgIpc) is 2.89. The number of rotatable bonds is 7. The maximum Gasteiger partial charge on any atom is 0.222 e. The summed E-state index contributed by atoms with van der Waals surface area (Å²) in [5.74, 6) is 0.947. The molecule has 200 valence electrons. The SMILES string of the molecule is CC(=O)Nc1cc(N2CCOCC2)cc(OCCN2CCN(C(C)=O)CC2)n1.Cc1cccc(C=N)c1. The Morgan fingerprint density at radius 3 is 2.41 bits per heavy atom. The number of anilines is 2. The topological polar surface area (TPSA) is 111 Å². The van der Waals surface area contributed by atoms with Crippen LogP contribution in [-0.4, -0.2) is 98.4 Å². The number of aryl methyl sites for hydroxylation is 1. The summed E-state index contributed by atoms with van der Waals surface area (Å²) >= 11 is 0. The number of pyridine rings is 1. The highest BCUT2D eigenvalue weighted by Gasteiger charge is 2.19. The van der Waals surface area contributed by atoms with Crippen molar-refractivity contribution in [2.45, 2.75) is 20.8 Å². The molecule has 0 bridgehead atoms. The van der Waals surface area contributed by atoms with Gasteiger partial charge < -0.3 is 30.0 Å². The lowest BCUT2D eigenvalue weighted by molar-refractivity contribution is -0.130. The zero-order valence-corrected chi connectivity index (χ0v) is 22.0. The van der Waals surface area contributed by atoms with E-state index < -0.39 is 0 Å². The number of carbonyl (C=O) groups excluding carboxylic acids is 2. The fourth-order valence-electron chi connectivity index (χ4n) is 4.14. The minimum absolute atomic E-state index is 0.130. The van der Waals surface area contributed by atoms with Crippen LogP contribution < -0.4 is 15.0 Å². The van der Waals surface area contributed by atoms with E-state index in [0.717, 1.165) is 57.1 Å². The summed E-state index contributed by atoms with van der Waals surface area (Å²) in [6.45, 7) is 12.5. The Morgan fingerprint density at radius 1 is 1.08 bits per heavy atom. The average molecular weight is 511 g/mol. The minimum atomic E-state index is -0.166. The predicted molar refractivity (Wildman–Crippen MR) is 145 cm³/mol. The molecule has 0 saturated carbocycles. The summed E-state index contributed by atoms with van der Waals surface area (Å²) in [5.41, 5.74) is 3.14. The highest BCUT2D eigenvalue weighted by molar-refractivity contribution is 5.88. The molecule has 2 aromatic rings. The van der Waals surface area contributed by atoms with Crippen molar-refractivity contribution in [3.63, 3.8) is 0 Å². The number of amides is 2. The minimum Gasteiger partial charge on any atom is -0.476 e. The smallest absolute Gasteiger partial charge is 0.222 e. The monoisotopic (exact) mass is 510 g/mol. The summed E-state index contributed by atoms with van der Waals surface area (Å²) in [6, 6.07) is 11.6. The number of hydrogen-bond donors (Lipinski definition) is 2. The second-order valence-electron chi connectivity index (χ2n) is 9.08. The normalized spacial score (nSPS) is 15.9. The van der Waals surface area contributed by atoms with E-state index in [9.17, 15) is 9.59 Å². The number of aromatic nitrogens is 1. The van der Waals surface area contributed by atoms with Gasteiger partial charge in [0.05, 0.1) is 13.2 Å². The van der Waals surface area contributed by atoms with Crippen LogP contribution in [0.3, 0.4) is 0 Å². The van der Waals surface area contributed by atoms with Gasteiger partial charge in [-0.1, -0.05) is 29.8 Å². The molecule has 0 spiro atoms. The lowest BCUT2D eigenvalue weighted by Crippen LogP contribution is -2.48. The van der Waals surface area contributed by atoms with E-state index in [1.807, 2.05) is 48.2 Å². The summed E-state index contributed by atoms with van der Waals surface area (Å²) in [7, 11) is 0. The molecule has 0 atom stereocenters. The molecule has 37 heavy (non-hydrogen) atoms. The summed E-state index contributed by atoms with van der Waals surface area (Å²) in [4.78, 5) is 33.6. The molecular weight excluding hydrogens is 472 g/mol. The van der Waals surface area contributed by atoms with Gasteiger partial charge in [0.1, 0.15) is 12.4 Å². The van der Waals surface area contributed by atoms with Crippen molar-refractivity contribution in [2.24, 2.45) is 0 Å². The third-order valence-electron chi connectivity index (χ3n) is 6.15. The largest absolute Gasteiger partial charge is 0.476 e. The van der Waals surface area contributed by atoms with Gasteiger partial charge in [-0.3, -0.25) is 14.5 Å².